The highest BCUT2D eigenvalue weighted by Gasteiger charge is 2.25. The van der Waals surface area contributed by atoms with E-state index in [0.717, 1.165) is 0 Å². The number of alkyl halides is 2. The summed E-state index contributed by atoms with van der Waals surface area (Å²) < 4.78 is 46.4. The summed E-state index contributed by atoms with van der Waals surface area (Å²) in [6, 6.07) is 0.365. The molecule has 0 aromatic carbocycles. The van der Waals surface area contributed by atoms with Crippen LogP contribution in [0.3, 0.4) is 0 Å². The molecule has 84 valence electrons. The SMILES string of the molecule is NS(=O)(=O)c1c(C(F)F)cc(=O)[nH]c1O. The van der Waals surface area contributed by atoms with Crippen LogP contribution in [0.1, 0.15) is 12.0 Å². The predicted octanol–water partition coefficient (Wildman–Crippen LogP) is -0.334. The van der Waals surface area contributed by atoms with Crippen molar-refractivity contribution in [3.63, 3.8) is 0 Å². The molecule has 9 heteroatoms. The molecular formula is C6H6F2N2O4S. The lowest BCUT2D eigenvalue weighted by Crippen LogP contribution is -2.19. The number of aromatic nitrogens is 1. The number of aromatic hydroxyl groups is 1. The molecule has 0 amide bonds. The molecule has 6 nitrogen and oxygen atoms in total. The lowest BCUT2D eigenvalue weighted by Gasteiger charge is -2.07. The van der Waals surface area contributed by atoms with Gasteiger partial charge in [0.2, 0.25) is 15.9 Å². The minimum Gasteiger partial charge on any atom is -0.494 e. The van der Waals surface area contributed by atoms with Crippen LogP contribution >= 0.6 is 0 Å². The maximum absolute atomic E-state index is 12.3. The van der Waals surface area contributed by atoms with E-state index < -0.39 is 38.3 Å². The first kappa shape index (κ1) is 11.6. The number of halogens is 2. The zero-order valence-corrected chi connectivity index (χ0v) is 7.88. The molecule has 1 rings (SSSR count). The Morgan fingerprint density at radius 3 is 2.40 bits per heavy atom. The summed E-state index contributed by atoms with van der Waals surface area (Å²) in [5, 5.41) is 13.6. The van der Waals surface area contributed by atoms with E-state index in [9.17, 15) is 22.0 Å². The Morgan fingerprint density at radius 2 is 2.00 bits per heavy atom. The molecule has 0 spiro atoms. The van der Waals surface area contributed by atoms with Crippen molar-refractivity contribution in [2.24, 2.45) is 5.14 Å². The van der Waals surface area contributed by atoms with Crippen LogP contribution in [0.25, 0.3) is 0 Å². The quantitative estimate of drug-likeness (QED) is 0.656. The van der Waals surface area contributed by atoms with Crippen molar-refractivity contribution in [1.82, 2.24) is 4.98 Å². The van der Waals surface area contributed by atoms with Gasteiger partial charge in [0.1, 0.15) is 0 Å². The van der Waals surface area contributed by atoms with Crippen molar-refractivity contribution in [3.05, 3.63) is 22.0 Å². The first-order chi connectivity index (χ1) is 6.73. The summed E-state index contributed by atoms with van der Waals surface area (Å²) in [5.41, 5.74) is -2.17. The second kappa shape index (κ2) is 3.59. The molecule has 15 heavy (non-hydrogen) atoms. The lowest BCUT2D eigenvalue weighted by atomic mass is 10.3. The van der Waals surface area contributed by atoms with Gasteiger partial charge in [-0.05, 0) is 0 Å². The van der Waals surface area contributed by atoms with Crippen molar-refractivity contribution in [1.29, 1.82) is 0 Å². The van der Waals surface area contributed by atoms with Gasteiger partial charge < -0.3 is 5.11 Å². The maximum atomic E-state index is 12.3. The maximum Gasteiger partial charge on any atom is 0.265 e. The molecule has 0 aliphatic carbocycles. The Kier molecular flexibility index (Phi) is 2.77. The Morgan fingerprint density at radius 1 is 1.47 bits per heavy atom. The molecule has 0 unspecified atom stereocenters. The van der Waals surface area contributed by atoms with Crippen molar-refractivity contribution in [2.75, 3.05) is 0 Å². The number of aromatic amines is 1. The minimum absolute atomic E-state index is 0.365. The van der Waals surface area contributed by atoms with Gasteiger partial charge in [-0.3, -0.25) is 9.78 Å². The molecule has 0 radical (unpaired) electrons. The number of primary sulfonamides is 1. The molecule has 0 fully saturated rings. The fraction of sp³-hybridized carbons (Fsp3) is 0.167. The standard InChI is InChI=1S/C6H6F2N2O4S/c7-5(8)2-1-3(11)10-6(12)4(2)15(9,13)14/h1,5H,(H2,9,13,14)(H2,10,11,12). The van der Waals surface area contributed by atoms with E-state index in [1.165, 1.54) is 0 Å². The fourth-order valence-corrected chi connectivity index (χ4v) is 1.81. The largest absolute Gasteiger partial charge is 0.494 e. The average Bonchev–Trinajstić information content (AvgIpc) is 1.99. The fourth-order valence-electron chi connectivity index (χ4n) is 1.01. The van der Waals surface area contributed by atoms with Gasteiger partial charge >= 0.3 is 0 Å². The van der Waals surface area contributed by atoms with Crippen LogP contribution in [0.5, 0.6) is 5.88 Å². The van der Waals surface area contributed by atoms with Crippen molar-refractivity contribution >= 4 is 10.0 Å². The van der Waals surface area contributed by atoms with Crippen molar-refractivity contribution in [3.8, 4) is 5.88 Å². The van der Waals surface area contributed by atoms with Crippen LogP contribution in [0.15, 0.2) is 15.8 Å². The van der Waals surface area contributed by atoms with E-state index in [-0.39, 0.29) is 0 Å². The zero-order valence-electron chi connectivity index (χ0n) is 7.07. The van der Waals surface area contributed by atoms with E-state index in [2.05, 4.69) is 5.14 Å². The first-order valence-electron chi connectivity index (χ1n) is 3.50. The van der Waals surface area contributed by atoms with Gasteiger partial charge in [0.15, 0.2) is 4.90 Å². The molecule has 1 aromatic rings. The third-order valence-electron chi connectivity index (χ3n) is 1.53. The molecule has 0 saturated heterocycles. The monoisotopic (exact) mass is 240 g/mol. The van der Waals surface area contributed by atoms with Crippen molar-refractivity contribution < 1.29 is 22.3 Å². The number of nitrogens with one attached hydrogen (secondary N) is 1. The number of pyridine rings is 1. The van der Waals surface area contributed by atoms with E-state index in [1.54, 1.807) is 4.98 Å². The highest BCUT2D eigenvalue weighted by molar-refractivity contribution is 7.89. The molecule has 0 aliphatic heterocycles. The van der Waals surface area contributed by atoms with Gasteiger partial charge in [-0.25, -0.2) is 22.3 Å². The number of hydrogen-bond donors (Lipinski definition) is 3. The van der Waals surface area contributed by atoms with Crippen LogP contribution in [-0.2, 0) is 10.0 Å². The second-order valence-corrected chi connectivity index (χ2v) is 4.11. The number of H-pyrrole nitrogens is 1. The Hall–Kier alpha value is -1.48. The molecule has 4 N–H and O–H groups in total. The van der Waals surface area contributed by atoms with Crippen LogP contribution in [-0.4, -0.2) is 18.5 Å². The smallest absolute Gasteiger partial charge is 0.265 e. The van der Waals surface area contributed by atoms with Gasteiger partial charge in [0.05, 0.1) is 0 Å². The Bertz CT molecular complexity index is 537. The third kappa shape index (κ3) is 2.30. The Balaban J connectivity index is 3.70. The number of nitrogens with two attached hydrogens (primary N) is 1. The van der Waals surface area contributed by atoms with Crippen LogP contribution < -0.4 is 10.7 Å². The Labute approximate surface area is 82.4 Å². The van der Waals surface area contributed by atoms with Crippen LogP contribution in [0, 0.1) is 0 Å². The minimum atomic E-state index is -4.53. The third-order valence-corrected chi connectivity index (χ3v) is 2.52. The van der Waals surface area contributed by atoms with E-state index in [0.29, 0.717) is 6.07 Å². The van der Waals surface area contributed by atoms with E-state index in [1.807, 2.05) is 0 Å². The molecule has 1 aromatic heterocycles. The normalized spacial score (nSPS) is 12.0. The van der Waals surface area contributed by atoms with Gasteiger partial charge in [-0.15, -0.1) is 0 Å². The van der Waals surface area contributed by atoms with Gasteiger partial charge in [-0.2, -0.15) is 0 Å². The average molecular weight is 240 g/mol. The van der Waals surface area contributed by atoms with Crippen LogP contribution in [0.2, 0.25) is 0 Å². The number of hydrogen-bond acceptors (Lipinski definition) is 4. The molecule has 0 saturated carbocycles. The molecule has 0 aliphatic rings. The van der Waals surface area contributed by atoms with Gasteiger partial charge in [-0.1, -0.05) is 0 Å². The summed E-state index contributed by atoms with van der Waals surface area (Å²) in [5.74, 6) is -1.19. The summed E-state index contributed by atoms with van der Waals surface area (Å²) in [6.07, 6.45) is -3.23. The summed E-state index contributed by atoms with van der Waals surface area (Å²) >= 11 is 0. The second-order valence-electron chi connectivity index (χ2n) is 2.61. The summed E-state index contributed by atoms with van der Waals surface area (Å²) in [4.78, 5) is 11.2. The highest BCUT2D eigenvalue weighted by Crippen LogP contribution is 2.28. The molecular weight excluding hydrogens is 234 g/mol. The molecule has 0 atom stereocenters. The number of rotatable bonds is 2. The summed E-state index contributed by atoms with van der Waals surface area (Å²) in [7, 11) is -4.53. The predicted molar refractivity (Wildman–Crippen MR) is 45.1 cm³/mol. The van der Waals surface area contributed by atoms with E-state index in [4.69, 9.17) is 5.11 Å². The number of sulfonamides is 1. The molecule has 0 bridgehead atoms. The van der Waals surface area contributed by atoms with Crippen molar-refractivity contribution in [2.45, 2.75) is 11.3 Å². The highest BCUT2D eigenvalue weighted by atomic mass is 32.2. The van der Waals surface area contributed by atoms with Gasteiger partial charge in [0.25, 0.3) is 12.0 Å². The summed E-state index contributed by atoms with van der Waals surface area (Å²) in [6.45, 7) is 0. The van der Waals surface area contributed by atoms with Gasteiger partial charge in [0, 0.05) is 11.6 Å². The topological polar surface area (TPSA) is 113 Å². The first-order valence-corrected chi connectivity index (χ1v) is 5.05. The van der Waals surface area contributed by atoms with E-state index >= 15 is 0 Å². The van der Waals surface area contributed by atoms with Crippen LogP contribution in [0.4, 0.5) is 8.78 Å². The molecule has 1 heterocycles. The zero-order chi connectivity index (χ0) is 11.8. The lowest BCUT2D eigenvalue weighted by molar-refractivity contribution is 0.146.